The first kappa shape index (κ1) is 26.4. The maximum absolute atomic E-state index is 14.4. The number of nitrogens with one attached hydrogen (secondary N) is 1. The number of carbonyl (C=O) groups is 2. The lowest BCUT2D eigenvalue weighted by Gasteiger charge is -2.35. The number of aryl methyl sites for hydroxylation is 1. The number of carbonyl (C=O) groups excluding carboxylic acids is 2. The Kier molecular flexibility index (Phi) is 7.91. The molecular weight excluding hydrogens is 490 g/mol. The van der Waals surface area contributed by atoms with Crippen molar-refractivity contribution in [1.29, 1.82) is 0 Å². The van der Waals surface area contributed by atoms with Gasteiger partial charge in [-0.25, -0.2) is 4.68 Å². The first-order valence-corrected chi connectivity index (χ1v) is 13.6. The summed E-state index contributed by atoms with van der Waals surface area (Å²) in [5.74, 6) is 0.228. The molecule has 1 fully saturated rings. The van der Waals surface area contributed by atoms with Crippen molar-refractivity contribution in [3.05, 3.63) is 83.9 Å². The first-order chi connectivity index (χ1) is 19.0. The van der Waals surface area contributed by atoms with Gasteiger partial charge in [-0.15, -0.1) is 5.10 Å². The van der Waals surface area contributed by atoms with Crippen molar-refractivity contribution in [3.63, 3.8) is 0 Å². The van der Waals surface area contributed by atoms with Gasteiger partial charge in [0.2, 0.25) is 5.91 Å². The van der Waals surface area contributed by atoms with Gasteiger partial charge >= 0.3 is 0 Å². The van der Waals surface area contributed by atoms with Crippen LogP contribution in [0, 0.1) is 6.92 Å². The van der Waals surface area contributed by atoms with Gasteiger partial charge in [0.15, 0.2) is 0 Å². The Balaban J connectivity index is 1.59. The van der Waals surface area contributed by atoms with Gasteiger partial charge in [0.05, 0.1) is 12.6 Å². The fraction of sp³-hybridized carbons (Fsp3) is 0.355. The fourth-order valence-electron chi connectivity index (χ4n) is 5.32. The largest absolute Gasteiger partial charge is 0.497 e. The number of aromatic nitrogens is 3. The minimum Gasteiger partial charge on any atom is -0.497 e. The van der Waals surface area contributed by atoms with Gasteiger partial charge in [-0.1, -0.05) is 66.4 Å². The molecule has 0 aliphatic heterocycles. The average molecular weight is 526 g/mol. The Labute approximate surface area is 229 Å². The van der Waals surface area contributed by atoms with Crippen molar-refractivity contribution < 1.29 is 14.3 Å². The Bertz CT molecular complexity index is 1420. The van der Waals surface area contributed by atoms with Crippen LogP contribution in [0.4, 0.5) is 5.69 Å². The van der Waals surface area contributed by atoms with Crippen LogP contribution in [0.15, 0.2) is 72.8 Å². The summed E-state index contributed by atoms with van der Waals surface area (Å²) in [4.78, 5) is 30.2. The Morgan fingerprint density at radius 2 is 1.67 bits per heavy atom. The predicted octanol–water partition coefficient (Wildman–Crippen LogP) is 5.53. The number of fused-ring (bicyclic) bond motifs is 1. The van der Waals surface area contributed by atoms with Crippen LogP contribution in [0.5, 0.6) is 5.75 Å². The van der Waals surface area contributed by atoms with Crippen LogP contribution in [0.25, 0.3) is 11.0 Å². The zero-order valence-corrected chi connectivity index (χ0v) is 22.7. The second kappa shape index (κ2) is 11.7. The van der Waals surface area contributed by atoms with Gasteiger partial charge in [0, 0.05) is 11.7 Å². The molecule has 4 aromatic rings. The summed E-state index contributed by atoms with van der Waals surface area (Å²) in [5.41, 5.74) is 3.87. The molecule has 8 heteroatoms. The summed E-state index contributed by atoms with van der Waals surface area (Å²) >= 11 is 0. The lowest BCUT2D eigenvalue weighted by molar-refractivity contribution is -0.128. The number of hydrogen-bond donors (Lipinski definition) is 1. The Morgan fingerprint density at radius 1 is 0.974 bits per heavy atom. The molecule has 1 aliphatic carbocycles. The van der Waals surface area contributed by atoms with Gasteiger partial charge in [0.25, 0.3) is 5.91 Å². The quantitative estimate of drug-likeness (QED) is 0.327. The zero-order chi connectivity index (χ0) is 27.4. The van der Waals surface area contributed by atoms with Gasteiger partial charge in [-0.2, -0.15) is 0 Å². The molecule has 2 amide bonds. The van der Waals surface area contributed by atoms with Crippen LogP contribution < -0.4 is 15.0 Å². The number of ether oxygens (including phenoxy) is 1. The van der Waals surface area contributed by atoms with E-state index in [9.17, 15) is 9.59 Å². The third-order valence-electron chi connectivity index (χ3n) is 7.54. The molecule has 0 saturated heterocycles. The third-order valence-corrected chi connectivity index (χ3v) is 7.54. The molecule has 1 aliphatic rings. The fourth-order valence-corrected chi connectivity index (χ4v) is 5.32. The number of nitrogens with zero attached hydrogens (tertiary/aromatic N) is 4. The highest BCUT2D eigenvalue weighted by atomic mass is 16.5. The number of rotatable bonds is 8. The molecule has 8 nitrogen and oxygen atoms in total. The van der Waals surface area contributed by atoms with Gasteiger partial charge in [-0.3, -0.25) is 14.5 Å². The van der Waals surface area contributed by atoms with Crippen LogP contribution in [0.3, 0.4) is 0 Å². The van der Waals surface area contributed by atoms with Crippen molar-refractivity contribution in [2.45, 2.75) is 64.1 Å². The lowest BCUT2D eigenvalue weighted by atomic mass is 9.94. The van der Waals surface area contributed by atoms with Gasteiger partial charge < -0.3 is 10.1 Å². The molecule has 0 radical (unpaired) electrons. The second-order valence-electron chi connectivity index (χ2n) is 10.3. The van der Waals surface area contributed by atoms with Crippen LogP contribution >= 0.6 is 0 Å². The summed E-state index contributed by atoms with van der Waals surface area (Å²) in [6.45, 7) is 3.80. The van der Waals surface area contributed by atoms with E-state index in [4.69, 9.17) is 4.74 Å². The zero-order valence-electron chi connectivity index (χ0n) is 22.7. The number of para-hydroxylation sites is 1. The number of amides is 2. The van der Waals surface area contributed by atoms with Crippen LogP contribution in [-0.2, 0) is 9.59 Å². The van der Waals surface area contributed by atoms with E-state index in [2.05, 4.69) is 15.6 Å². The Morgan fingerprint density at radius 3 is 2.36 bits per heavy atom. The van der Waals surface area contributed by atoms with Crippen molar-refractivity contribution in [1.82, 2.24) is 20.3 Å². The van der Waals surface area contributed by atoms with E-state index in [1.54, 1.807) is 23.6 Å². The Hall–Kier alpha value is -4.20. The SMILES string of the molecule is COc1ccc([C@H](C(=O)NC2CCCCC2)N(C(=O)[C@H](C)n2nnc3ccccc32)c2ccc(C)cc2)cc1. The number of methoxy groups -OCH3 is 1. The molecule has 1 aromatic heterocycles. The molecule has 1 saturated carbocycles. The molecule has 3 aromatic carbocycles. The van der Waals surface area contributed by atoms with E-state index < -0.39 is 12.1 Å². The summed E-state index contributed by atoms with van der Waals surface area (Å²) in [7, 11) is 1.61. The topological polar surface area (TPSA) is 89.4 Å². The van der Waals surface area contributed by atoms with Crippen LogP contribution in [0.1, 0.15) is 62.2 Å². The van der Waals surface area contributed by atoms with Crippen LogP contribution in [-0.4, -0.2) is 40.0 Å². The normalized spacial score (nSPS) is 15.5. The average Bonchev–Trinajstić information content (AvgIpc) is 3.40. The summed E-state index contributed by atoms with van der Waals surface area (Å²) in [6, 6.07) is 21.1. The highest BCUT2D eigenvalue weighted by Gasteiger charge is 2.37. The van der Waals surface area contributed by atoms with Gasteiger partial charge in [-0.05, 0) is 68.7 Å². The maximum atomic E-state index is 14.4. The number of hydrogen-bond acceptors (Lipinski definition) is 5. The van der Waals surface area contributed by atoms with Crippen molar-refractivity contribution >= 4 is 28.5 Å². The standard InChI is InChI=1S/C31H35N5O3/c1-21-13-17-25(18-14-21)35(31(38)22(2)36-28-12-8-7-11-27(28)33-34-36)29(23-15-19-26(39-3)20-16-23)30(37)32-24-9-5-4-6-10-24/h7-8,11-20,22,24,29H,4-6,9-10H2,1-3H3,(H,32,37)/t22-,29+/m0/s1. The number of anilines is 1. The minimum atomic E-state index is -0.884. The van der Waals surface area contributed by atoms with Crippen molar-refractivity contribution in [2.24, 2.45) is 0 Å². The molecule has 2 atom stereocenters. The van der Waals surface area contributed by atoms with Crippen molar-refractivity contribution in [2.75, 3.05) is 12.0 Å². The van der Waals surface area contributed by atoms with E-state index in [0.717, 1.165) is 36.8 Å². The molecule has 202 valence electrons. The van der Waals surface area contributed by atoms with Crippen LogP contribution in [0.2, 0.25) is 0 Å². The summed E-state index contributed by atoms with van der Waals surface area (Å²) < 4.78 is 6.99. The molecule has 1 heterocycles. The smallest absolute Gasteiger partial charge is 0.252 e. The highest BCUT2D eigenvalue weighted by Crippen LogP contribution is 2.33. The predicted molar refractivity (Wildman–Crippen MR) is 152 cm³/mol. The molecule has 1 N–H and O–H groups in total. The van der Waals surface area contributed by atoms with E-state index >= 15 is 0 Å². The monoisotopic (exact) mass is 525 g/mol. The van der Waals surface area contributed by atoms with E-state index in [1.807, 2.05) is 79.7 Å². The molecule has 5 rings (SSSR count). The van der Waals surface area contributed by atoms with Crippen molar-refractivity contribution in [3.8, 4) is 5.75 Å². The third kappa shape index (κ3) is 5.65. The summed E-state index contributed by atoms with van der Waals surface area (Å²) in [6.07, 6.45) is 5.26. The maximum Gasteiger partial charge on any atom is 0.252 e. The second-order valence-corrected chi connectivity index (χ2v) is 10.3. The minimum absolute atomic E-state index is 0.0960. The summed E-state index contributed by atoms with van der Waals surface area (Å²) in [5, 5.41) is 11.8. The number of benzene rings is 3. The molecule has 0 spiro atoms. The first-order valence-electron chi connectivity index (χ1n) is 13.6. The van der Waals surface area contributed by atoms with E-state index in [-0.39, 0.29) is 17.9 Å². The van der Waals surface area contributed by atoms with Gasteiger partial charge in [0.1, 0.15) is 23.3 Å². The molecule has 0 unspecified atom stereocenters. The molecular formula is C31H35N5O3. The highest BCUT2D eigenvalue weighted by molar-refractivity contribution is 6.03. The molecule has 39 heavy (non-hydrogen) atoms. The lowest BCUT2D eigenvalue weighted by Crippen LogP contribution is -2.48. The van der Waals surface area contributed by atoms with E-state index in [0.29, 0.717) is 22.5 Å². The molecule has 0 bridgehead atoms. The van der Waals surface area contributed by atoms with E-state index in [1.165, 1.54) is 6.42 Å².